The molecule has 11 N–H and O–H groups in total. The van der Waals surface area contributed by atoms with E-state index in [0.29, 0.717) is 5.56 Å². The zero-order chi connectivity index (χ0) is 26.7. The molecule has 1 rings (SSSR count). The summed E-state index contributed by atoms with van der Waals surface area (Å²) in [6.07, 6.45) is -1.33. The maximum Gasteiger partial charge on any atom is 0.326 e. The Kier molecular flexibility index (Phi) is 11.1. The first-order chi connectivity index (χ1) is 16.3. The molecule has 0 aromatic heterocycles. The van der Waals surface area contributed by atoms with Crippen LogP contribution < -0.4 is 33.2 Å². The van der Waals surface area contributed by atoms with Crippen LogP contribution in [0.1, 0.15) is 31.7 Å². The first-order valence-corrected chi connectivity index (χ1v) is 10.5. The van der Waals surface area contributed by atoms with Crippen molar-refractivity contribution in [2.75, 3.05) is 0 Å². The van der Waals surface area contributed by atoms with Gasteiger partial charge in [-0.15, -0.1) is 0 Å². The van der Waals surface area contributed by atoms with E-state index in [-0.39, 0.29) is 25.0 Å². The highest BCUT2D eigenvalue weighted by Crippen LogP contribution is 2.12. The molecule has 4 atom stereocenters. The largest absolute Gasteiger partial charge is 0.508 e. The van der Waals surface area contributed by atoms with E-state index >= 15 is 0 Å². The first kappa shape index (κ1) is 28.8. The number of benzene rings is 1. The maximum absolute atomic E-state index is 12.9. The normalized spacial score (nSPS) is 14.0. The number of carboxylic acid groups (broad SMARTS) is 1. The number of nitrogens with two attached hydrogens (primary N) is 3. The predicted octanol–water partition coefficient (Wildman–Crippen LogP) is -3.04. The molecule has 0 radical (unpaired) electrons. The third kappa shape index (κ3) is 10.5. The fraction of sp³-hybridized carbons (Fsp3) is 0.429. The molecule has 0 saturated heterocycles. The van der Waals surface area contributed by atoms with Crippen molar-refractivity contribution in [3.05, 3.63) is 29.8 Å². The minimum Gasteiger partial charge on any atom is -0.508 e. The highest BCUT2D eigenvalue weighted by molar-refractivity contribution is 5.96. The molecule has 1 aromatic carbocycles. The number of aliphatic carboxylic acids is 1. The van der Waals surface area contributed by atoms with Crippen molar-refractivity contribution in [3.8, 4) is 5.75 Å². The van der Waals surface area contributed by atoms with Gasteiger partial charge in [0.15, 0.2) is 0 Å². The second kappa shape index (κ2) is 13.5. The van der Waals surface area contributed by atoms with Gasteiger partial charge in [-0.25, -0.2) is 4.79 Å². The lowest BCUT2D eigenvalue weighted by Gasteiger charge is -2.24. The summed E-state index contributed by atoms with van der Waals surface area (Å²) in [6, 6.07) is 0.334. The van der Waals surface area contributed by atoms with Gasteiger partial charge in [-0.3, -0.25) is 24.0 Å². The van der Waals surface area contributed by atoms with Gasteiger partial charge in [0.1, 0.15) is 23.9 Å². The SMILES string of the molecule is CC(N)C(=O)NC(CC(N)=O)C(=O)NC(Cc1ccc(O)cc1)C(=O)NC(CCC(N)=O)C(=O)O. The summed E-state index contributed by atoms with van der Waals surface area (Å²) in [5, 5.41) is 25.7. The average Bonchev–Trinajstić information content (AvgIpc) is 2.76. The fourth-order valence-electron chi connectivity index (χ4n) is 2.88. The van der Waals surface area contributed by atoms with Crippen molar-refractivity contribution in [3.63, 3.8) is 0 Å². The number of aromatic hydroxyl groups is 1. The smallest absolute Gasteiger partial charge is 0.326 e. The van der Waals surface area contributed by atoms with Crippen molar-refractivity contribution >= 4 is 35.5 Å². The molecule has 0 saturated carbocycles. The molecule has 4 unspecified atom stereocenters. The van der Waals surface area contributed by atoms with Gasteiger partial charge in [-0.1, -0.05) is 12.1 Å². The van der Waals surface area contributed by atoms with Crippen molar-refractivity contribution in [1.29, 1.82) is 0 Å². The lowest BCUT2D eigenvalue weighted by molar-refractivity contribution is -0.142. The lowest BCUT2D eigenvalue weighted by Crippen LogP contribution is -2.58. The van der Waals surface area contributed by atoms with Crippen molar-refractivity contribution < 1.29 is 39.0 Å². The van der Waals surface area contributed by atoms with Crippen LogP contribution in [-0.4, -0.2) is 69.9 Å². The van der Waals surface area contributed by atoms with Crippen LogP contribution in [0.15, 0.2) is 24.3 Å². The third-order valence-corrected chi connectivity index (χ3v) is 4.75. The zero-order valence-electron chi connectivity index (χ0n) is 19.0. The number of phenols is 1. The zero-order valence-corrected chi connectivity index (χ0v) is 19.0. The van der Waals surface area contributed by atoms with Gasteiger partial charge in [-0.05, 0) is 31.0 Å². The molecule has 0 spiro atoms. The number of primary amides is 2. The maximum atomic E-state index is 12.9. The van der Waals surface area contributed by atoms with E-state index in [0.717, 1.165) is 0 Å². The first-order valence-electron chi connectivity index (χ1n) is 10.5. The molecule has 0 fully saturated rings. The Morgan fingerprint density at radius 3 is 1.83 bits per heavy atom. The molecular formula is C21H30N6O8. The van der Waals surface area contributed by atoms with Gasteiger partial charge < -0.3 is 43.4 Å². The minimum absolute atomic E-state index is 0.0451. The van der Waals surface area contributed by atoms with E-state index < -0.39 is 66.1 Å². The molecule has 0 heterocycles. The van der Waals surface area contributed by atoms with Crippen LogP contribution in [0.25, 0.3) is 0 Å². The van der Waals surface area contributed by atoms with Crippen molar-refractivity contribution in [1.82, 2.24) is 16.0 Å². The topological polar surface area (TPSA) is 257 Å². The van der Waals surface area contributed by atoms with Crippen molar-refractivity contribution in [2.45, 2.75) is 56.8 Å². The average molecular weight is 495 g/mol. The van der Waals surface area contributed by atoms with Crippen LogP contribution >= 0.6 is 0 Å². The molecule has 0 aliphatic rings. The molecule has 0 aliphatic carbocycles. The summed E-state index contributed by atoms with van der Waals surface area (Å²) in [7, 11) is 0. The number of hydrogen-bond donors (Lipinski definition) is 8. The Morgan fingerprint density at radius 2 is 1.34 bits per heavy atom. The van der Waals surface area contributed by atoms with E-state index in [9.17, 15) is 39.0 Å². The number of amides is 5. The van der Waals surface area contributed by atoms with E-state index in [2.05, 4.69) is 16.0 Å². The van der Waals surface area contributed by atoms with Crippen LogP contribution in [0.4, 0.5) is 0 Å². The highest BCUT2D eigenvalue weighted by Gasteiger charge is 2.31. The van der Waals surface area contributed by atoms with Crippen LogP contribution in [0.2, 0.25) is 0 Å². The monoisotopic (exact) mass is 494 g/mol. The highest BCUT2D eigenvalue weighted by atomic mass is 16.4. The van der Waals surface area contributed by atoms with E-state index in [1.54, 1.807) is 0 Å². The number of carbonyl (C=O) groups is 6. The van der Waals surface area contributed by atoms with Gasteiger partial charge in [0.05, 0.1) is 12.5 Å². The number of carbonyl (C=O) groups excluding carboxylic acids is 5. The number of rotatable bonds is 14. The van der Waals surface area contributed by atoms with E-state index in [1.165, 1.54) is 31.2 Å². The number of phenolic OH excluding ortho intramolecular Hbond substituents is 1. The van der Waals surface area contributed by atoms with E-state index in [1.807, 2.05) is 0 Å². The summed E-state index contributed by atoms with van der Waals surface area (Å²) in [5.41, 5.74) is 16.2. The van der Waals surface area contributed by atoms with Crippen molar-refractivity contribution in [2.24, 2.45) is 17.2 Å². The third-order valence-electron chi connectivity index (χ3n) is 4.75. The van der Waals surface area contributed by atoms with Crippen LogP contribution in [-0.2, 0) is 35.2 Å². The summed E-state index contributed by atoms with van der Waals surface area (Å²) in [5.74, 6) is -5.75. The summed E-state index contributed by atoms with van der Waals surface area (Å²) < 4.78 is 0. The summed E-state index contributed by atoms with van der Waals surface area (Å²) in [6.45, 7) is 1.35. The molecular weight excluding hydrogens is 464 g/mol. The Morgan fingerprint density at radius 1 is 0.829 bits per heavy atom. The molecule has 1 aromatic rings. The van der Waals surface area contributed by atoms with Gasteiger partial charge in [0.25, 0.3) is 0 Å². The lowest BCUT2D eigenvalue weighted by atomic mass is 10.0. The molecule has 14 heteroatoms. The Labute approximate surface area is 200 Å². The number of nitrogens with one attached hydrogen (secondary N) is 3. The molecule has 5 amide bonds. The van der Waals surface area contributed by atoms with Gasteiger partial charge in [0, 0.05) is 12.8 Å². The van der Waals surface area contributed by atoms with Gasteiger partial charge >= 0.3 is 5.97 Å². The van der Waals surface area contributed by atoms with E-state index in [4.69, 9.17) is 17.2 Å². The van der Waals surface area contributed by atoms with Gasteiger partial charge in [0.2, 0.25) is 29.5 Å². The minimum atomic E-state index is -1.48. The van der Waals surface area contributed by atoms with Crippen LogP contribution in [0.3, 0.4) is 0 Å². The molecule has 0 aliphatic heterocycles. The molecule has 192 valence electrons. The number of carboxylic acids is 1. The Hall–Kier alpha value is -4.20. The second-order valence-corrected chi connectivity index (χ2v) is 7.86. The Bertz CT molecular complexity index is 950. The fourth-order valence-corrected chi connectivity index (χ4v) is 2.88. The molecule has 14 nitrogen and oxygen atoms in total. The molecule has 35 heavy (non-hydrogen) atoms. The second-order valence-electron chi connectivity index (χ2n) is 7.86. The summed E-state index contributed by atoms with van der Waals surface area (Å²) in [4.78, 5) is 71.7. The van der Waals surface area contributed by atoms with Gasteiger partial charge in [-0.2, -0.15) is 0 Å². The summed E-state index contributed by atoms with van der Waals surface area (Å²) >= 11 is 0. The Balaban J connectivity index is 3.15. The number of hydrogen-bond acceptors (Lipinski definition) is 8. The quantitative estimate of drug-likeness (QED) is 0.130. The van der Waals surface area contributed by atoms with Crippen LogP contribution in [0.5, 0.6) is 5.75 Å². The molecule has 0 bridgehead atoms. The van der Waals surface area contributed by atoms with Crippen LogP contribution in [0, 0.1) is 0 Å². The predicted molar refractivity (Wildman–Crippen MR) is 121 cm³/mol. The standard InChI is InChI=1S/C21H30N6O8/c1-10(22)18(31)26-15(9-17(24)30)20(33)27-14(8-11-2-4-12(28)5-3-11)19(32)25-13(21(34)35)6-7-16(23)29/h2-5,10,13-15,28H,6-9,22H2,1H3,(H2,23,29)(H2,24,30)(H,25,32)(H,26,31)(H,27,33)(H,34,35).